The Morgan fingerprint density at radius 2 is 0.933 bits per heavy atom. The maximum Gasteiger partial charge on any atom is 0.339 e. The molecule has 12 heterocycles. The number of piperidine rings is 2. The zero-order valence-corrected chi connectivity index (χ0v) is 60.2. The number of esters is 3. The quantitative estimate of drug-likeness (QED) is 0.0191. The van der Waals surface area contributed by atoms with E-state index >= 15 is 0 Å². The highest BCUT2D eigenvalue weighted by Crippen LogP contribution is 2.37. The summed E-state index contributed by atoms with van der Waals surface area (Å²) in [7, 11) is 6.21. The molecular weight excluding hydrogens is 1310 g/mol. The number of ether oxygens (including phenoxy) is 3. The average Bonchev–Trinajstić information content (AvgIpc) is 1.61. The topological polar surface area (TPSA) is 279 Å². The second-order valence-electron chi connectivity index (χ2n) is 28.4. The predicted octanol–water partition coefficient (Wildman–Crippen LogP) is 12.2. The van der Waals surface area contributed by atoms with Crippen molar-refractivity contribution in [2.45, 2.75) is 103 Å². The number of aromatic amines is 3. The molecule has 0 amide bonds. The van der Waals surface area contributed by atoms with Gasteiger partial charge in [0.25, 0.3) is 0 Å². The van der Waals surface area contributed by atoms with E-state index in [1.165, 1.54) is 67.6 Å². The number of likely N-dealkylation sites (tertiary alicyclic amines) is 3. The highest BCUT2D eigenvalue weighted by Gasteiger charge is 2.28. The maximum absolute atomic E-state index is 12.8. The number of benzene rings is 3. The number of pyridine rings is 3. The van der Waals surface area contributed by atoms with Gasteiger partial charge >= 0.3 is 17.9 Å². The lowest BCUT2D eigenvalue weighted by Gasteiger charge is -2.33. The van der Waals surface area contributed by atoms with Crippen LogP contribution in [-0.2, 0) is 33.5 Å². The normalized spacial score (nSPS) is 16.2. The summed E-state index contributed by atoms with van der Waals surface area (Å²) in [4.78, 5) is 103. The van der Waals surface area contributed by atoms with E-state index in [4.69, 9.17) is 59.1 Å². The van der Waals surface area contributed by atoms with Gasteiger partial charge in [0.1, 0.15) is 68.4 Å². The predicted molar refractivity (Wildman–Crippen MR) is 405 cm³/mol. The Morgan fingerprint density at radius 1 is 0.500 bits per heavy atom. The van der Waals surface area contributed by atoms with E-state index in [1.54, 1.807) is 36.8 Å². The van der Waals surface area contributed by atoms with Gasteiger partial charge in [0.05, 0.1) is 70.7 Å². The van der Waals surface area contributed by atoms with Gasteiger partial charge in [-0.25, -0.2) is 44.3 Å². The van der Waals surface area contributed by atoms with Crippen molar-refractivity contribution in [2.75, 3.05) is 122 Å². The number of aromatic nitrogens is 12. The van der Waals surface area contributed by atoms with E-state index in [1.807, 2.05) is 18.2 Å². The largest absolute Gasteiger partial charge is 0.465 e. The van der Waals surface area contributed by atoms with Gasteiger partial charge in [0, 0.05) is 77.6 Å². The maximum atomic E-state index is 12.8. The summed E-state index contributed by atoms with van der Waals surface area (Å²) >= 11 is 0. The van der Waals surface area contributed by atoms with Gasteiger partial charge in [-0.15, -0.1) is 0 Å². The lowest BCUT2D eigenvalue weighted by atomic mass is 9.88. The number of nitrogens with zero attached hydrogens (tertiary/aromatic N) is 13. The SMILES string of the molecule is COC(=O)c1cnc2c(c1)[nH]c1nc(Cc3cc(C4CCCN(CCCNc5nc(Cc6cc(C7CCCN(CCCN(C)c8nc(Cc9ccccc9)nc9[nH]c%10cc(C(=O)OC)cnc%10c89)C7)ccc6C)nc6[nH]c7cc(C(=O)OC)cnc7c56)C4)ccc3C)nc(NCCCN3CCCC3)c12. The summed E-state index contributed by atoms with van der Waals surface area (Å²) in [5.41, 5.74) is 15.8. The van der Waals surface area contributed by atoms with Gasteiger partial charge in [-0.05, 0) is 186 Å². The number of carbonyl (C=O) groups is 3. The number of anilines is 3. The van der Waals surface area contributed by atoms with Crippen LogP contribution in [0.2, 0.25) is 0 Å². The molecule has 24 heteroatoms. The minimum Gasteiger partial charge on any atom is -0.465 e. The van der Waals surface area contributed by atoms with Crippen LogP contribution in [0.3, 0.4) is 0 Å². The first-order valence-corrected chi connectivity index (χ1v) is 36.7. The zero-order chi connectivity index (χ0) is 71.4. The Hall–Kier alpha value is -10.6. The first-order chi connectivity index (χ1) is 50.8. The second kappa shape index (κ2) is 30.8. The van der Waals surface area contributed by atoms with Crippen LogP contribution in [0.5, 0.6) is 0 Å². The lowest BCUT2D eigenvalue weighted by molar-refractivity contribution is 0.0591. The summed E-state index contributed by atoms with van der Waals surface area (Å²) in [6.45, 7) is 15.7. The second-order valence-corrected chi connectivity index (χ2v) is 28.4. The molecule has 0 spiro atoms. The third-order valence-corrected chi connectivity index (χ3v) is 21.3. The molecule has 0 radical (unpaired) electrons. The molecule has 0 bridgehead atoms. The Bertz CT molecular complexity index is 5160. The molecule has 5 N–H and O–H groups in total. The standard InChI is InChI=1S/C80H90N18O6/c1-48-21-23-51(36-55(48)41-64-89-72(81-25-14-32-96-28-10-11-29-96)66-69-60(86-74(66)92-64)38-57(43-83-69)78(99)102-4)53-19-12-30-97(46-53)33-15-26-82-73-67-70-61(39-58(44-84-70)79(100)103-5)87-75(67)93-65(90-73)42-56-37-52(24-22-49(56)2)54-20-13-31-98(47-54)34-16-27-95(3)77-68-71-62(40-59(45-85-71)80(101)104-6)88-76(68)91-63(94-77)35-50-17-8-7-9-18-50/h7-9,17-18,21-24,36-40,43-45,53-54H,10-16,19-20,25-35,41-42,46-47H2,1-6H3,(H,88,91,94)(H2,81,86,89,92)(H2,82,87,90,93). The van der Waals surface area contributed by atoms with Crippen LogP contribution < -0.4 is 15.5 Å². The van der Waals surface area contributed by atoms with Gasteiger partial charge < -0.3 is 59.4 Å². The molecular formula is C80H90N18O6. The van der Waals surface area contributed by atoms with Crippen molar-refractivity contribution >= 4 is 102 Å². The van der Waals surface area contributed by atoms with E-state index in [0.29, 0.717) is 128 Å². The third-order valence-electron chi connectivity index (χ3n) is 21.3. The minimum absolute atomic E-state index is 0.352. The molecule has 536 valence electrons. The van der Waals surface area contributed by atoms with Gasteiger partial charge in [0.15, 0.2) is 0 Å². The van der Waals surface area contributed by atoms with Crippen molar-refractivity contribution in [1.29, 1.82) is 0 Å². The van der Waals surface area contributed by atoms with Crippen molar-refractivity contribution in [3.05, 3.63) is 177 Å². The highest BCUT2D eigenvalue weighted by atomic mass is 16.5. The van der Waals surface area contributed by atoms with Crippen LogP contribution in [-0.4, -0.2) is 199 Å². The fraction of sp³-hybridized carbons (Fsp3) is 0.400. The summed E-state index contributed by atoms with van der Waals surface area (Å²) in [5, 5.41) is 9.86. The highest BCUT2D eigenvalue weighted by molar-refractivity contribution is 6.12. The van der Waals surface area contributed by atoms with Crippen molar-refractivity contribution in [3.63, 3.8) is 0 Å². The van der Waals surface area contributed by atoms with Crippen LogP contribution in [0.25, 0.3) is 66.2 Å². The Kier molecular flexibility index (Phi) is 20.5. The van der Waals surface area contributed by atoms with E-state index in [2.05, 4.69) is 115 Å². The zero-order valence-electron chi connectivity index (χ0n) is 60.2. The summed E-state index contributed by atoms with van der Waals surface area (Å²) in [6, 6.07) is 29.4. The number of carbonyl (C=O) groups excluding carboxylic acids is 3. The van der Waals surface area contributed by atoms with Crippen LogP contribution in [0, 0.1) is 13.8 Å². The minimum atomic E-state index is -0.459. The molecule has 3 aliphatic rings. The Morgan fingerprint density at radius 3 is 1.41 bits per heavy atom. The van der Waals surface area contributed by atoms with Crippen LogP contribution in [0.4, 0.5) is 17.5 Å². The van der Waals surface area contributed by atoms with Crippen LogP contribution >= 0.6 is 0 Å². The number of rotatable bonds is 26. The smallest absolute Gasteiger partial charge is 0.339 e. The fourth-order valence-electron chi connectivity index (χ4n) is 15.7. The van der Waals surface area contributed by atoms with E-state index in [9.17, 15) is 14.4 Å². The number of aryl methyl sites for hydroxylation is 2. The number of fused-ring (bicyclic) bond motifs is 9. The van der Waals surface area contributed by atoms with Gasteiger partial charge in [0.2, 0.25) is 0 Å². The third kappa shape index (κ3) is 15.0. The Labute approximate surface area is 603 Å². The van der Waals surface area contributed by atoms with Crippen molar-refractivity contribution in [1.82, 2.24) is 74.5 Å². The molecule has 9 aromatic heterocycles. The molecule has 2 atom stereocenters. The van der Waals surface area contributed by atoms with Gasteiger partial charge in [-0.1, -0.05) is 66.7 Å². The number of methoxy groups -OCH3 is 3. The fourth-order valence-corrected chi connectivity index (χ4v) is 15.7. The molecule has 3 saturated heterocycles. The average molecular weight is 1400 g/mol. The molecule has 12 aromatic rings. The summed E-state index contributed by atoms with van der Waals surface area (Å²) in [6.07, 6.45) is 16.1. The molecule has 24 nitrogen and oxygen atoms in total. The molecule has 15 rings (SSSR count). The van der Waals surface area contributed by atoms with Crippen LogP contribution in [0.15, 0.2) is 104 Å². The van der Waals surface area contributed by atoms with Crippen LogP contribution in [0.1, 0.15) is 157 Å². The van der Waals surface area contributed by atoms with Gasteiger partial charge in [-0.2, -0.15) is 0 Å². The van der Waals surface area contributed by atoms with E-state index in [-0.39, 0.29) is 0 Å². The molecule has 2 unspecified atom stereocenters. The number of hydrogen-bond acceptors (Lipinski definition) is 21. The molecule has 0 saturated carbocycles. The van der Waals surface area contributed by atoms with Crippen molar-refractivity contribution in [2.24, 2.45) is 0 Å². The van der Waals surface area contributed by atoms with Gasteiger partial charge in [-0.3, -0.25) is 15.0 Å². The van der Waals surface area contributed by atoms with E-state index in [0.717, 1.165) is 150 Å². The Balaban J connectivity index is 0.607. The first-order valence-electron chi connectivity index (χ1n) is 36.7. The van der Waals surface area contributed by atoms with Crippen molar-refractivity contribution in [3.8, 4) is 0 Å². The molecule has 0 aliphatic carbocycles. The number of H-pyrrole nitrogens is 3. The first kappa shape index (κ1) is 69.2. The monoisotopic (exact) mass is 1400 g/mol. The molecule has 3 fully saturated rings. The molecule has 104 heavy (non-hydrogen) atoms. The number of nitrogens with one attached hydrogen (secondary N) is 5. The lowest BCUT2D eigenvalue weighted by Crippen LogP contribution is -2.36. The molecule has 3 aromatic carbocycles. The van der Waals surface area contributed by atoms with Crippen molar-refractivity contribution < 1.29 is 28.6 Å². The van der Waals surface area contributed by atoms with E-state index < -0.39 is 17.9 Å². The summed E-state index contributed by atoms with van der Waals surface area (Å²) in [5.74, 6) is 3.73. The summed E-state index contributed by atoms with van der Waals surface area (Å²) < 4.78 is 15.1. The number of hydrogen-bond donors (Lipinski definition) is 5. The molecule has 3 aliphatic heterocycles.